The fraction of sp³-hybridized carbons (Fsp3) is 0.391. The van der Waals surface area contributed by atoms with Crippen molar-refractivity contribution in [2.24, 2.45) is 0 Å². The van der Waals surface area contributed by atoms with E-state index in [2.05, 4.69) is 20.9 Å². The summed E-state index contributed by atoms with van der Waals surface area (Å²) in [6.45, 7) is 4.62. The smallest absolute Gasteiger partial charge is 0.159 e. The normalized spacial score (nSPS) is 23.0. The van der Waals surface area contributed by atoms with Gasteiger partial charge in [0.05, 0.1) is 0 Å². The van der Waals surface area contributed by atoms with Gasteiger partial charge in [0, 0.05) is 48.0 Å². The molecule has 3 nitrogen and oxygen atoms in total. The first-order valence-corrected chi connectivity index (χ1v) is 10.6. The van der Waals surface area contributed by atoms with Crippen molar-refractivity contribution in [1.82, 2.24) is 14.8 Å². The number of aromatic nitrogens is 1. The number of benzene rings is 2. The van der Waals surface area contributed by atoms with Crippen LogP contribution in [0.25, 0.3) is 10.9 Å². The van der Waals surface area contributed by atoms with Crippen molar-refractivity contribution in [3.63, 3.8) is 0 Å². The van der Waals surface area contributed by atoms with Gasteiger partial charge in [0.2, 0.25) is 0 Å². The van der Waals surface area contributed by atoms with E-state index in [0.717, 1.165) is 61.5 Å². The zero-order valence-electron chi connectivity index (χ0n) is 16.2. The molecule has 0 radical (unpaired) electrons. The van der Waals surface area contributed by atoms with Gasteiger partial charge in [-0.3, -0.25) is 9.80 Å². The van der Waals surface area contributed by atoms with Gasteiger partial charge in [-0.15, -0.1) is 0 Å². The van der Waals surface area contributed by atoms with Gasteiger partial charge in [0.1, 0.15) is 0 Å². The molecule has 5 rings (SSSR count). The van der Waals surface area contributed by atoms with Crippen LogP contribution in [0.2, 0.25) is 5.02 Å². The predicted octanol–water partition coefficient (Wildman–Crippen LogP) is 5.34. The second-order valence-electron chi connectivity index (χ2n) is 8.48. The third kappa shape index (κ3) is 3.67. The third-order valence-electron chi connectivity index (χ3n) is 6.54. The van der Waals surface area contributed by atoms with Gasteiger partial charge in [-0.2, -0.15) is 0 Å². The minimum atomic E-state index is -0.781. The molecule has 29 heavy (non-hydrogen) atoms. The van der Waals surface area contributed by atoms with Gasteiger partial charge in [-0.1, -0.05) is 23.7 Å². The van der Waals surface area contributed by atoms with Gasteiger partial charge < -0.3 is 4.98 Å². The summed E-state index contributed by atoms with van der Waals surface area (Å²) in [6.07, 6.45) is 3.43. The van der Waals surface area contributed by atoms with E-state index in [9.17, 15) is 8.78 Å². The van der Waals surface area contributed by atoms with Crippen molar-refractivity contribution in [3.05, 3.63) is 70.4 Å². The highest BCUT2D eigenvalue weighted by Crippen LogP contribution is 2.39. The van der Waals surface area contributed by atoms with Crippen molar-refractivity contribution in [2.75, 3.05) is 19.6 Å². The van der Waals surface area contributed by atoms with Crippen LogP contribution in [-0.4, -0.2) is 40.0 Å². The van der Waals surface area contributed by atoms with E-state index in [0.29, 0.717) is 6.54 Å². The van der Waals surface area contributed by atoms with Crippen molar-refractivity contribution < 1.29 is 8.78 Å². The van der Waals surface area contributed by atoms with Gasteiger partial charge >= 0.3 is 0 Å². The molecule has 1 atom stereocenters. The molecule has 6 heteroatoms. The van der Waals surface area contributed by atoms with E-state index in [1.165, 1.54) is 23.2 Å². The van der Waals surface area contributed by atoms with Crippen molar-refractivity contribution in [3.8, 4) is 0 Å². The summed E-state index contributed by atoms with van der Waals surface area (Å²) < 4.78 is 26.9. The zero-order valence-corrected chi connectivity index (χ0v) is 17.0. The molecule has 3 aromatic rings. The number of rotatable bonds is 4. The molecule has 0 amide bonds. The molecular formula is C23H24ClF2N3. The summed E-state index contributed by atoms with van der Waals surface area (Å²) in [4.78, 5) is 8.46. The maximum absolute atomic E-state index is 13.6. The van der Waals surface area contributed by atoms with E-state index in [4.69, 9.17) is 11.6 Å². The summed E-state index contributed by atoms with van der Waals surface area (Å²) in [5.74, 6) is -1.54. The van der Waals surface area contributed by atoms with Crippen molar-refractivity contribution >= 4 is 22.5 Å². The highest BCUT2D eigenvalue weighted by Gasteiger charge is 2.45. The molecule has 1 spiro atoms. The average Bonchev–Trinajstić information content (AvgIpc) is 3.38. The Kier molecular flexibility index (Phi) is 4.85. The minimum Gasteiger partial charge on any atom is -0.357 e. The molecule has 1 N–H and O–H groups in total. The Hall–Kier alpha value is -1.95. The lowest BCUT2D eigenvalue weighted by atomic mass is 9.94. The molecule has 2 aliphatic heterocycles. The third-order valence-corrected chi connectivity index (χ3v) is 6.78. The number of halogens is 3. The Labute approximate surface area is 174 Å². The second kappa shape index (κ2) is 7.38. The zero-order chi connectivity index (χ0) is 20.0. The fourth-order valence-corrected chi connectivity index (χ4v) is 5.29. The summed E-state index contributed by atoms with van der Waals surface area (Å²) in [5.41, 5.74) is 3.25. The topological polar surface area (TPSA) is 22.3 Å². The van der Waals surface area contributed by atoms with Crippen LogP contribution in [0.4, 0.5) is 8.78 Å². The van der Waals surface area contributed by atoms with E-state index < -0.39 is 11.6 Å². The maximum Gasteiger partial charge on any atom is 0.159 e. The Morgan fingerprint density at radius 3 is 2.72 bits per heavy atom. The maximum atomic E-state index is 13.6. The number of fused-ring (bicyclic) bond motifs is 1. The summed E-state index contributed by atoms with van der Waals surface area (Å²) in [7, 11) is 0. The van der Waals surface area contributed by atoms with E-state index in [-0.39, 0.29) is 5.54 Å². The lowest BCUT2D eigenvalue weighted by Gasteiger charge is -2.35. The van der Waals surface area contributed by atoms with Gasteiger partial charge in [-0.25, -0.2) is 8.78 Å². The first-order valence-electron chi connectivity index (χ1n) is 10.2. The fourth-order valence-electron chi connectivity index (χ4n) is 5.12. The molecular weight excluding hydrogens is 392 g/mol. The molecule has 0 saturated carbocycles. The molecule has 3 heterocycles. The first kappa shape index (κ1) is 19.0. The van der Waals surface area contributed by atoms with Gasteiger partial charge in [0.25, 0.3) is 0 Å². The van der Waals surface area contributed by atoms with Crippen LogP contribution in [0.1, 0.15) is 30.5 Å². The molecule has 0 aliphatic carbocycles. The molecule has 2 fully saturated rings. The van der Waals surface area contributed by atoms with Crippen LogP contribution in [0.3, 0.4) is 0 Å². The first-order chi connectivity index (χ1) is 14.0. The van der Waals surface area contributed by atoms with E-state index in [1.54, 1.807) is 6.07 Å². The van der Waals surface area contributed by atoms with Crippen LogP contribution in [0.5, 0.6) is 0 Å². The van der Waals surface area contributed by atoms with Gasteiger partial charge in [-0.05, 0) is 67.1 Å². The lowest BCUT2D eigenvalue weighted by molar-refractivity contribution is 0.130. The molecule has 2 aromatic carbocycles. The lowest BCUT2D eigenvalue weighted by Crippen LogP contribution is -2.45. The highest BCUT2D eigenvalue weighted by molar-refractivity contribution is 6.31. The minimum absolute atomic E-state index is 0.139. The van der Waals surface area contributed by atoms with Crippen LogP contribution in [0.15, 0.2) is 42.5 Å². The number of aromatic amines is 1. The quantitative estimate of drug-likeness (QED) is 0.621. The van der Waals surface area contributed by atoms with Gasteiger partial charge in [0.15, 0.2) is 11.6 Å². The van der Waals surface area contributed by atoms with Crippen molar-refractivity contribution in [2.45, 2.75) is 37.9 Å². The summed E-state index contributed by atoms with van der Waals surface area (Å²) in [5, 5.41) is 1.92. The number of nitrogens with zero attached hydrogens (tertiary/aromatic N) is 2. The predicted molar refractivity (Wildman–Crippen MR) is 112 cm³/mol. The number of hydrogen-bond acceptors (Lipinski definition) is 2. The molecule has 2 aliphatic rings. The molecule has 152 valence electrons. The number of H-pyrrole nitrogens is 1. The largest absolute Gasteiger partial charge is 0.357 e. The van der Waals surface area contributed by atoms with Crippen LogP contribution in [-0.2, 0) is 13.1 Å². The number of nitrogens with one attached hydrogen (secondary N) is 1. The van der Waals surface area contributed by atoms with Crippen LogP contribution < -0.4 is 0 Å². The Morgan fingerprint density at radius 2 is 1.86 bits per heavy atom. The molecule has 1 aromatic heterocycles. The second-order valence-corrected chi connectivity index (χ2v) is 8.92. The SMILES string of the molecule is Fc1ccc(CN2CCCC23CCN(Cc2cc4ccc(Cl)cc4[nH]2)C3)cc1F. The average molecular weight is 416 g/mol. The molecule has 1 unspecified atom stereocenters. The Morgan fingerprint density at radius 1 is 0.966 bits per heavy atom. The summed E-state index contributed by atoms with van der Waals surface area (Å²) in [6, 6.07) is 12.4. The number of likely N-dealkylation sites (tertiary alicyclic amines) is 2. The standard InChI is InChI=1S/C23H24ClF2N3/c24-18-4-3-17-11-19(27-22(17)12-18)14-28-9-7-23(15-28)6-1-8-29(23)13-16-2-5-20(25)21(26)10-16/h2-5,10-12,27H,1,6-9,13-15H2. The monoisotopic (exact) mass is 415 g/mol. The molecule has 0 bridgehead atoms. The Balaban J connectivity index is 1.29. The van der Waals surface area contributed by atoms with E-state index >= 15 is 0 Å². The van der Waals surface area contributed by atoms with E-state index in [1.807, 2.05) is 18.2 Å². The van der Waals surface area contributed by atoms with Crippen molar-refractivity contribution in [1.29, 1.82) is 0 Å². The number of hydrogen-bond donors (Lipinski definition) is 1. The highest BCUT2D eigenvalue weighted by atomic mass is 35.5. The van der Waals surface area contributed by atoms with Crippen LogP contribution in [0, 0.1) is 11.6 Å². The van der Waals surface area contributed by atoms with Crippen LogP contribution >= 0.6 is 11.6 Å². The molecule has 2 saturated heterocycles. The summed E-state index contributed by atoms with van der Waals surface area (Å²) >= 11 is 6.10. The Bertz CT molecular complexity index is 1050.